The number of hydrogen-bond donors (Lipinski definition) is 1. The molecule has 136 valence electrons. The number of aromatic amines is 1. The van der Waals surface area contributed by atoms with Crippen molar-refractivity contribution in [2.75, 3.05) is 13.1 Å². The summed E-state index contributed by atoms with van der Waals surface area (Å²) >= 11 is 0. The van der Waals surface area contributed by atoms with Crippen LogP contribution in [0.4, 0.5) is 0 Å². The molecule has 0 bridgehead atoms. The van der Waals surface area contributed by atoms with Gasteiger partial charge in [-0.3, -0.25) is 19.4 Å². The van der Waals surface area contributed by atoms with Crippen molar-refractivity contribution in [3.05, 3.63) is 51.3 Å². The summed E-state index contributed by atoms with van der Waals surface area (Å²) in [5.41, 5.74) is 3.64. The van der Waals surface area contributed by atoms with Gasteiger partial charge in [-0.15, -0.1) is 0 Å². The molecule has 1 N–H and O–H groups in total. The van der Waals surface area contributed by atoms with Crippen LogP contribution < -0.4 is 5.56 Å². The number of nitrogens with zero attached hydrogens (tertiary/aromatic N) is 5. The number of likely N-dealkylation sites (tertiary alicyclic amines) is 1. The molecule has 1 amide bonds. The van der Waals surface area contributed by atoms with E-state index in [1.165, 1.54) is 4.52 Å². The summed E-state index contributed by atoms with van der Waals surface area (Å²) in [4.78, 5) is 31.3. The number of aromatic nitrogens is 5. The molecule has 4 heterocycles. The molecular weight excluding hydrogens is 332 g/mol. The maximum absolute atomic E-state index is 12.6. The Hall–Kier alpha value is -2.90. The number of rotatable bonds is 2. The largest absolute Gasteiger partial charge is 0.337 e. The SMILES string of the molecule is Cc1nc2cc(C3CCN(C(=O)c4ccnn4C)CC3)[nH]n2c(=O)c1C. The minimum Gasteiger partial charge on any atom is -0.337 e. The molecule has 1 saturated heterocycles. The van der Waals surface area contributed by atoms with E-state index in [2.05, 4.69) is 15.2 Å². The van der Waals surface area contributed by atoms with Crippen LogP contribution in [-0.2, 0) is 7.05 Å². The number of carbonyl (C=O) groups excluding carboxylic acids is 1. The van der Waals surface area contributed by atoms with Crippen molar-refractivity contribution >= 4 is 11.6 Å². The first-order valence-electron chi connectivity index (χ1n) is 8.82. The molecule has 8 heteroatoms. The highest BCUT2D eigenvalue weighted by Gasteiger charge is 2.27. The first-order valence-corrected chi connectivity index (χ1v) is 8.82. The number of nitrogens with one attached hydrogen (secondary N) is 1. The average Bonchev–Trinajstić information content (AvgIpc) is 3.26. The van der Waals surface area contributed by atoms with Crippen molar-refractivity contribution in [1.29, 1.82) is 0 Å². The Morgan fingerprint density at radius 3 is 2.65 bits per heavy atom. The van der Waals surface area contributed by atoms with Crippen LogP contribution in [0.1, 0.15) is 46.2 Å². The second kappa shape index (κ2) is 6.12. The van der Waals surface area contributed by atoms with E-state index in [9.17, 15) is 9.59 Å². The fourth-order valence-corrected chi connectivity index (χ4v) is 3.59. The smallest absolute Gasteiger partial charge is 0.275 e. The molecule has 0 aliphatic carbocycles. The molecular formula is C18H22N6O2. The molecule has 3 aromatic rings. The topological polar surface area (TPSA) is 88.3 Å². The van der Waals surface area contributed by atoms with Crippen LogP contribution in [0.2, 0.25) is 0 Å². The zero-order chi connectivity index (χ0) is 18.4. The Labute approximate surface area is 150 Å². The van der Waals surface area contributed by atoms with Crippen LogP contribution in [-0.4, -0.2) is 48.3 Å². The molecule has 26 heavy (non-hydrogen) atoms. The highest BCUT2D eigenvalue weighted by atomic mass is 16.2. The Kier molecular flexibility index (Phi) is 3.90. The quantitative estimate of drug-likeness (QED) is 0.753. The number of fused-ring (bicyclic) bond motifs is 1. The van der Waals surface area contributed by atoms with Gasteiger partial charge in [0.1, 0.15) is 5.69 Å². The van der Waals surface area contributed by atoms with Crippen molar-refractivity contribution in [3.8, 4) is 0 Å². The van der Waals surface area contributed by atoms with Crippen molar-refractivity contribution < 1.29 is 4.79 Å². The number of H-pyrrole nitrogens is 1. The molecule has 4 rings (SSSR count). The van der Waals surface area contributed by atoms with E-state index >= 15 is 0 Å². The second-order valence-electron chi connectivity index (χ2n) is 6.94. The van der Waals surface area contributed by atoms with Gasteiger partial charge in [0.05, 0.1) is 0 Å². The van der Waals surface area contributed by atoms with Crippen LogP contribution in [0, 0.1) is 13.8 Å². The highest BCUT2D eigenvalue weighted by molar-refractivity contribution is 5.92. The fraction of sp³-hybridized carbons (Fsp3) is 0.444. The average molecular weight is 354 g/mol. The normalized spacial score (nSPS) is 15.7. The molecule has 1 aliphatic rings. The van der Waals surface area contributed by atoms with E-state index in [0.717, 1.165) is 24.2 Å². The summed E-state index contributed by atoms with van der Waals surface area (Å²) in [6.07, 6.45) is 3.34. The monoisotopic (exact) mass is 354 g/mol. The van der Waals surface area contributed by atoms with Crippen molar-refractivity contribution in [1.82, 2.24) is 29.3 Å². The van der Waals surface area contributed by atoms with E-state index < -0.39 is 0 Å². The zero-order valence-electron chi connectivity index (χ0n) is 15.2. The third kappa shape index (κ3) is 2.61. The number of piperidine rings is 1. The summed E-state index contributed by atoms with van der Waals surface area (Å²) in [6, 6.07) is 3.70. The van der Waals surface area contributed by atoms with Gasteiger partial charge >= 0.3 is 0 Å². The summed E-state index contributed by atoms with van der Waals surface area (Å²) < 4.78 is 3.12. The van der Waals surface area contributed by atoms with Gasteiger partial charge < -0.3 is 4.90 Å². The van der Waals surface area contributed by atoms with E-state index in [1.54, 1.807) is 30.9 Å². The molecule has 1 fully saturated rings. The maximum atomic E-state index is 12.6. The molecule has 0 unspecified atom stereocenters. The number of hydrogen-bond acceptors (Lipinski definition) is 4. The molecule has 1 aliphatic heterocycles. The summed E-state index contributed by atoms with van der Waals surface area (Å²) in [5.74, 6) is 0.302. The molecule has 8 nitrogen and oxygen atoms in total. The fourth-order valence-electron chi connectivity index (χ4n) is 3.59. The highest BCUT2D eigenvalue weighted by Crippen LogP contribution is 2.28. The summed E-state index contributed by atoms with van der Waals surface area (Å²) in [5, 5.41) is 7.27. The van der Waals surface area contributed by atoms with Crippen LogP contribution in [0.3, 0.4) is 0 Å². The van der Waals surface area contributed by atoms with Gasteiger partial charge in [-0.1, -0.05) is 0 Å². The van der Waals surface area contributed by atoms with Gasteiger partial charge in [0, 0.05) is 55.3 Å². The maximum Gasteiger partial charge on any atom is 0.275 e. The van der Waals surface area contributed by atoms with Gasteiger partial charge in [-0.05, 0) is 32.8 Å². The van der Waals surface area contributed by atoms with Gasteiger partial charge in [-0.25, -0.2) is 9.50 Å². The lowest BCUT2D eigenvalue weighted by Gasteiger charge is -2.31. The first kappa shape index (κ1) is 16.6. The Morgan fingerprint density at radius 2 is 2.00 bits per heavy atom. The van der Waals surface area contributed by atoms with Gasteiger partial charge in [0.25, 0.3) is 11.5 Å². The van der Waals surface area contributed by atoms with E-state index in [0.29, 0.717) is 30.0 Å². The van der Waals surface area contributed by atoms with Crippen LogP contribution in [0.25, 0.3) is 5.65 Å². The third-order valence-electron chi connectivity index (χ3n) is 5.37. The molecule has 0 atom stereocenters. The van der Waals surface area contributed by atoms with Crippen LogP contribution in [0.5, 0.6) is 0 Å². The Morgan fingerprint density at radius 1 is 1.27 bits per heavy atom. The van der Waals surface area contributed by atoms with Crippen molar-refractivity contribution in [2.24, 2.45) is 7.05 Å². The van der Waals surface area contributed by atoms with Crippen molar-refractivity contribution in [2.45, 2.75) is 32.6 Å². The Balaban J connectivity index is 1.52. The summed E-state index contributed by atoms with van der Waals surface area (Å²) in [7, 11) is 1.78. The van der Waals surface area contributed by atoms with Gasteiger partial charge in [-0.2, -0.15) is 5.10 Å². The van der Waals surface area contributed by atoms with Gasteiger partial charge in [0.15, 0.2) is 5.65 Å². The minimum atomic E-state index is -0.0532. The van der Waals surface area contributed by atoms with E-state index in [-0.39, 0.29) is 17.4 Å². The van der Waals surface area contributed by atoms with E-state index in [4.69, 9.17) is 0 Å². The molecule has 0 spiro atoms. The zero-order valence-corrected chi connectivity index (χ0v) is 15.2. The molecule has 0 saturated carbocycles. The lowest BCUT2D eigenvalue weighted by Crippen LogP contribution is -2.38. The molecule has 3 aromatic heterocycles. The second-order valence-corrected chi connectivity index (χ2v) is 6.94. The summed E-state index contributed by atoms with van der Waals surface area (Å²) in [6.45, 7) is 5.01. The minimum absolute atomic E-state index is 0.0178. The molecule has 0 radical (unpaired) electrons. The predicted octanol–water partition coefficient (Wildman–Crippen LogP) is 1.39. The Bertz CT molecular complexity index is 1040. The number of carbonyl (C=O) groups is 1. The van der Waals surface area contributed by atoms with E-state index in [1.807, 2.05) is 17.9 Å². The van der Waals surface area contributed by atoms with Crippen molar-refractivity contribution in [3.63, 3.8) is 0 Å². The first-order chi connectivity index (χ1) is 12.5. The lowest BCUT2D eigenvalue weighted by atomic mass is 9.93. The predicted molar refractivity (Wildman–Crippen MR) is 96.4 cm³/mol. The standard InChI is InChI=1S/C18H22N6O2/c1-11-12(2)20-16-10-14(21-24(16)17(11)25)13-5-8-23(9-6-13)18(26)15-4-7-19-22(15)3/h4,7,10,13,21H,5-6,8-9H2,1-3H3. The lowest BCUT2D eigenvalue weighted by molar-refractivity contribution is 0.0701. The van der Waals surface area contributed by atoms with Crippen LogP contribution in [0.15, 0.2) is 23.1 Å². The van der Waals surface area contributed by atoms with Gasteiger partial charge in [0.2, 0.25) is 0 Å². The molecule has 0 aromatic carbocycles. The third-order valence-corrected chi connectivity index (χ3v) is 5.37. The number of aryl methyl sites for hydroxylation is 2. The number of amides is 1. The van der Waals surface area contributed by atoms with Crippen LogP contribution >= 0.6 is 0 Å².